The number of rotatable bonds is 4. The third-order valence-corrected chi connectivity index (χ3v) is 6.15. The highest BCUT2D eigenvalue weighted by Gasteiger charge is 2.29. The monoisotopic (exact) mass is 393 g/mol. The number of hydrogen-bond acceptors (Lipinski definition) is 3. The van der Waals surface area contributed by atoms with Crippen molar-refractivity contribution in [3.8, 4) is 5.75 Å². The van der Waals surface area contributed by atoms with E-state index in [1.165, 1.54) is 12.1 Å². The van der Waals surface area contributed by atoms with Crippen LogP contribution in [0.2, 0.25) is 0 Å². The van der Waals surface area contributed by atoms with Crippen LogP contribution in [0.15, 0.2) is 77.7 Å². The zero-order valence-corrected chi connectivity index (χ0v) is 16.3. The second-order valence-electron chi connectivity index (χ2n) is 6.66. The summed E-state index contributed by atoms with van der Waals surface area (Å²) in [6, 6.07) is 22.1. The molecule has 0 N–H and O–H groups in total. The van der Waals surface area contributed by atoms with Crippen LogP contribution < -0.4 is 9.64 Å². The first-order valence-electron chi connectivity index (χ1n) is 9.08. The van der Waals surface area contributed by atoms with Gasteiger partial charge in [-0.25, -0.2) is 4.39 Å². The van der Waals surface area contributed by atoms with Crippen LogP contribution in [0.4, 0.5) is 10.1 Å². The number of hydrogen-bond donors (Lipinski definition) is 0. The minimum Gasteiger partial charge on any atom is -0.497 e. The van der Waals surface area contributed by atoms with Crippen molar-refractivity contribution in [2.45, 2.75) is 23.1 Å². The maximum Gasteiger partial charge on any atom is 0.228 e. The van der Waals surface area contributed by atoms with Gasteiger partial charge in [0.15, 0.2) is 0 Å². The van der Waals surface area contributed by atoms with E-state index in [1.54, 1.807) is 35.9 Å². The molecule has 3 aromatic rings. The molecule has 1 aliphatic rings. The normalized spacial score (nSPS) is 16.4. The van der Waals surface area contributed by atoms with Crippen molar-refractivity contribution in [3.63, 3.8) is 0 Å². The van der Waals surface area contributed by atoms with Crippen LogP contribution in [-0.4, -0.2) is 13.0 Å². The fraction of sp³-hybridized carbons (Fsp3) is 0.174. The molecule has 1 heterocycles. The average Bonchev–Trinajstić information content (AvgIpc) is 2.86. The van der Waals surface area contributed by atoms with Crippen LogP contribution in [0.1, 0.15) is 22.8 Å². The largest absolute Gasteiger partial charge is 0.497 e. The van der Waals surface area contributed by atoms with Crippen LogP contribution in [0, 0.1) is 5.82 Å². The van der Waals surface area contributed by atoms with Gasteiger partial charge in [-0.3, -0.25) is 4.79 Å². The van der Waals surface area contributed by atoms with Crippen LogP contribution in [0.5, 0.6) is 5.75 Å². The number of benzene rings is 3. The van der Waals surface area contributed by atoms with E-state index in [0.717, 1.165) is 27.5 Å². The van der Waals surface area contributed by atoms with Crippen molar-refractivity contribution in [1.29, 1.82) is 0 Å². The fourth-order valence-electron chi connectivity index (χ4n) is 3.33. The predicted octanol–water partition coefficient (Wildman–Crippen LogP) is 5.60. The standard InChI is InChI=1S/C23H20FNO2S/c1-27-19-12-8-17(9-13-19)22-14-23(26)25(15-16-6-10-18(24)11-7-16)20-4-2-3-5-21(20)28-22/h2-13,22H,14-15H2,1H3/t22-/m1/s1. The maximum absolute atomic E-state index is 13.2. The lowest BCUT2D eigenvalue weighted by molar-refractivity contribution is -0.118. The van der Waals surface area contributed by atoms with Crippen LogP contribution in [0.3, 0.4) is 0 Å². The molecule has 3 nitrogen and oxygen atoms in total. The number of amides is 1. The highest BCUT2D eigenvalue weighted by Crippen LogP contribution is 2.46. The number of methoxy groups -OCH3 is 1. The van der Waals surface area contributed by atoms with Gasteiger partial charge in [-0.05, 0) is 47.5 Å². The van der Waals surface area contributed by atoms with E-state index >= 15 is 0 Å². The van der Waals surface area contributed by atoms with Crippen molar-refractivity contribution < 1.29 is 13.9 Å². The van der Waals surface area contributed by atoms with Crippen molar-refractivity contribution in [2.75, 3.05) is 12.0 Å². The number of carbonyl (C=O) groups is 1. The first-order valence-corrected chi connectivity index (χ1v) is 9.96. The number of anilines is 1. The van der Waals surface area contributed by atoms with Crippen molar-refractivity contribution in [1.82, 2.24) is 0 Å². The molecule has 0 radical (unpaired) electrons. The van der Waals surface area contributed by atoms with E-state index in [9.17, 15) is 9.18 Å². The van der Waals surface area contributed by atoms with Gasteiger partial charge >= 0.3 is 0 Å². The molecule has 0 fully saturated rings. The molecule has 0 unspecified atom stereocenters. The van der Waals surface area contributed by atoms with Gasteiger partial charge in [-0.15, -0.1) is 11.8 Å². The fourth-order valence-corrected chi connectivity index (χ4v) is 4.61. The summed E-state index contributed by atoms with van der Waals surface area (Å²) in [4.78, 5) is 16.0. The van der Waals surface area contributed by atoms with Crippen LogP contribution >= 0.6 is 11.8 Å². The molecule has 5 heteroatoms. The summed E-state index contributed by atoms with van der Waals surface area (Å²) in [6.45, 7) is 0.423. The van der Waals surface area contributed by atoms with Crippen molar-refractivity contribution in [3.05, 3.63) is 89.7 Å². The lowest BCUT2D eigenvalue weighted by Crippen LogP contribution is -2.30. The SMILES string of the molecule is COc1ccc([C@H]2CC(=O)N(Cc3ccc(F)cc3)c3ccccc3S2)cc1. The van der Waals surface area contributed by atoms with Gasteiger partial charge in [0.05, 0.1) is 19.3 Å². The Labute approximate surface area is 168 Å². The van der Waals surface area contributed by atoms with E-state index in [-0.39, 0.29) is 17.0 Å². The molecule has 0 aromatic heterocycles. The number of ether oxygens (including phenoxy) is 1. The Morgan fingerprint density at radius 2 is 1.75 bits per heavy atom. The number of halogens is 1. The highest BCUT2D eigenvalue weighted by atomic mass is 32.2. The molecular formula is C23H20FNO2S. The molecule has 1 amide bonds. The molecule has 0 bridgehead atoms. The Kier molecular flexibility index (Phi) is 5.35. The van der Waals surface area contributed by atoms with E-state index in [0.29, 0.717) is 13.0 Å². The van der Waals surface area contributed by atoms with Gasteiger partial charge in [-0.1, -0.05) is 36.4 Å². The molecule has 4 rings (SSSR count). The lowest BCUT2D eigenvalue weighted by Gasteiger charge is -2.22. The smallest absolute Gasteiger partial charge is 0.228 e. The highest BCUT2D eigenvalue weighted by molar-refractivity contribution is 7.99. The van der Waals surface area contributed by atoms with Gasteiger partial charge in [0.25, 0.3) is 0 Å². The Balaban J connectivity index is 1.66. The van der Waals surface area contributed by atoms with Crippen LogP contribution in [-0.2, 0) is 11.3 Å². The van der Waals surface area contributed by atoms with Crippen molar-refractivity contribution in [2.24, 2.45) is 0 Å². The van der Waals surface area contributed by atoms with Gasteiger partial charge in [0.2, 0.25) is 5.91 Å². The zero-order chi connectivity index (χ0) is 19.5. The summed E-state index contributed by atoms with van der Waals surface area (Å²) < 4.78 is 18.5. The first-order chi connectivity index (χ1) is 13.6. The summed E-state index contributed by atoms with van der Waals surface area (Å²) in [5, 5.41) is 0.0257. The van der Waals surface area contributed by atoms with E-state index in [2.05, 4.69) is 0 Å². The Morgan fingerprint density at radius 1 is 1.04 bits per heavy atom. The number of nitrogens with zero attached hydrogens (tertiary/aromatic N) is 1. The number of para-hydroxylation sites is 1. The van der Waals surface area contributed by atoms with Gasteiger partial charge in [-0.2, -0.15) is 0 Å². The molecule has 28 heavy (non-hydrogen) atoms. The van der Waals surface area contributed by atoms with Crippen molar-refractivity contribution >= 4 is 23.4 Å². The quantitative estimate of drug-likeness (QED) is 0.577. The van der Waals surface area contributed by atoms with Crippen LogP contribution in [0.25, 0.3) is 0 Å². The summed E-state index contributed by atoms with van der Waals surface area (Å²) in [6.07, 6.45) is 0.396. The molecule has 0 aliphatic carbocycles. The number of thioether (sulfide) groups is 1. The second kappa shape index (κ2) is 8.07. The average molecular weight is 393 g/mol. The van der Waals surface area contributed by atoms with E-state index < -0.39 is 0 Å². The topological polar surface area (TPSA) is 29.5 Å². The molecule has 0 saturated heterocycles. The van der Waals surface area contributed by atoms with E-state index in [4.69, 9.17) is 4.74 Å². The summed E-state index contributed by atoms with van der Waals surface area (Å²) >= 11 is 1.70. The Hall–Kier alpha value is -2.79. The summed E-state index contributed by atoms with van der Waals surface area (Å²) in [5.74, 6) is 0.580. The summed E-state index contributed by atoms with van der Waals surface area (Å²) in [7, 11) is 1.64. The number of carbonyl (C=O) groups excluding carboxylic acids is 1. The predicted molar refractivity (Wildman–Crippen MR) is 110 cm³/mol. The minimum absolute atomic E-state index is 0.0257. The lowest BCUT2D eigenvalue weighted by atomic mass is 10.1. The molecule has 0 saturated carbocycles. The van der Waals surface area contributed by atoms with Gasteiger partial charge in [0.1, 0.15) is 11.6 Å². The first kappa shape index (κ1) is 18.6. The molecule has 3 aromatic carbocycles. The molecule has 1 atom stereocenters. The molecule has 142 valence electrons. The van der Waals surface area contributed by atoms with Gasteiger partial charge in [0, 0.05) is 16.6 Å². The molecule has 0 spiro atoms. The zero-order valence-electron chi connectivity index (χ0n) is 15.5. The van der Waals surface area contributed by atoms with E-state index in [1.807, 2.05) is 48.5 Å². The maximum atomic E-state index is 13.2. The molecular weight excluding hydrogens is 373 g/mol. The Bertz CT molecular complexity index is 973. The second-order valence-corrected chi connectivity index (χ2v) is 7.90. The molecule has 1 aliphatic heterocycles. The summed E-state index contributed by atoms with van der Waals surface area (Å²) in [5.41, 5.74) is 2.90. The third-order valence-electron chi connectivity index (χ3n) is 4.83. The number of fused-ring (bicyclic) bond motifs is 1. The minimum atomic E-state index is -0.276. The van der Waals surface area contributed by atoms with Gasteiger partial charge < -0.3 is 9.64 Å². The third kappa shape index (κ3) is 3.90. The Morgan fingerprint density at radius 3 is 2.46 bits per heavy atom.